The molecule has 170 valence electrons. The lowest BCUT2D eigenvalue weighted by Gasteiger charge is -2.41. The van der Waals surface area contributed by atoms with E-state index in [0.29, 0.717) is 30.4 Å². The van der Waals surface area contributed by atoms with Crippen molar-refractivity contribution in [1.29, 1.82) is 5.26 Å². The number of fused-ring (bicyclic) bond motifs is 2. The molecule has 1 aliphatic carbocycles. The van der Waals surface area contributed by atoms with Gasteiger partial charge in [0, 0.05) is 39.0 Å². The molecule has 1 aromatic rings. The first-order chi connectivity index (χ1) is 14.8. The molecule has 8 nitrogen and oxygen atoms in total. The molecule has 0 aromatic heterocycles. The average molecular weight is 450 g/mol. The van der Waals surface area contributed by atoms with Crippen LogP contribution in [0.3, 0.4) is 0 Å². The minimum absolute atomic E-state index is 0.0260. The van der Waals surface area contributed by atoms with Crippen LogP contribution >= 0.6 is 0 Å². The summed E-state index contributed by atoms with van der Waals surface area (Å²) in [5.41, 5.74) is 0.615. The first kappa shape index (κ1) is 23.4. The quantitative estimate of drug-likeness (QED) is 0.533. The number of carbonyl (C=O) groups is 1. The van der Waals surface area contributed by atoms with Gasteiger partial charge in [-0.25, -0.2) is 13.2 Å². The van der Waals surface area contributed by atoms with Crippen LogP contribution in [-0.2, 0) is 14.6 Å². The topological polar surface area (TPSA) is 99.9 Å². The van der Waals surface area contributed by atoms with Crippen molar-refractivity contribution in [2.24, 2.45) is 11.8 Å². The summed E-state index contributed by atoms with van der Waals surface area (Å²) < 4.78 is 33.5. The number of nitrogens with zero attached hydrogens (tertiary/aromatic N) is 3. The van der Waals surface area contributed by atoms with E-state index in [1.165, 1.54) is 6.26 Å². The predicted octanol–water partition coefficient (Wildman–Crippen LogP) is 2.15. The lowest BCUT2D eigenvalue weighted by atomic mass is 9.91. The van der Waals surface area contributed by atoms with Crippen molar-refractivity contribution < 1.29 is 22.7 Å². The largest absolute Gasteiger partial charge is 0.492 e. The van der Waals surface area contributed by atoms with Gasteiger partial charge in [-0.1, -0.05) is 0 Å². The smallest absolute Gasteiger partial charge is 0.409 e. The van der Waals surface area contributed by atoms with Crippen molar-refractivity contribution in [3.8, 4) is 11.8 Å². The van der Waals surface area contributed by atoms with Gasteiger partial charge in [0.2, 0.25) is 0 Å². The van der Waals surface area contributed by atoms with Crippen LogP contribution < -0.4 is 4.74 Å². The SMILES string of the molecule is CN(C(=O)OCCCS(C)(=O)=O)C1C2CCC1CN(CCOc1ccc(C#N)cc1)C2. The molecule has 1 heterocycles. The van der Waals surface area contributed by atoms with Gasteiger partial charge in [-0.2, -0.15) is 5.26 Å². The summed E-state index contributed by atoms with van der Waals surface area (Å²) in [5, 5.41) is 8.86. The number of ether oxygens (including phenoxy) is 2. The lowest BCUT2D eigenvalue weighted by molar-refractivity contribution is 0.0399. The maximum atomic E-state index is 12.4. The summed E-state index contributed by atoms with van der Waals surface area (Å²) in [7, 11) is -1.25. The standard InChI is InChI=1S/C22H31N3O5S/c1-24(22(26)30-11-3-13-31(2,27)28)21-18-6-7-19(21)16-25(15-18)10-12-29-20-8-4-17(14-23)5-9-20/h4-5,8-9,18-19,21H,3,6-7,10-13,15-16H2,1-2H3. The molecule has 0 spiro atoms. The second-order valence-corrected chi connectivity index (χ2v) is 10.8. The molecule has 1 aliphatic heterocycles. The van der Waals surface area contributed by atoms with Crippen LogP contribution in [0.2, 0.25) is 0 Å². The second-order valence-electron chi connectivity index (χ2n) is 8.54. The van der Waals surface area contributed by atoms with Crippen LogP contribution in [0.5, 0.6) is 5.75 Å². The van der Waals surface area contributed by atoms with E-state index in [1.807, 2.05) is 12.1 Å². The van der Waals surface area contributed by atoms with Gasteiger partial charge in [-0.3, -0.25) is 4.90 Å². The minimum atomic E-state index is -3.04. The van der Waals surface area contributed by atoms with Gasteiger partial charge in [0.25, 0.3) is 0 Å². The molecule has 31 heavy (non-hydrogen) atoms. The molecule has 1 aromatic carbocycles. The van der Waals surface area contributed by atoms with Gasteiger partial charge >= 0.3 is 6.09 Å². The van der Waals surface area contributed by atoms with Crippen molar-refractivity contribution in [1.82, 2.24) is 9.80 Å². The molecule has 9 heteroatoms. The molecular weight excluding hydrogens is 418 g/mol. The van der Waals surface area contributed by atoms with Gasteiger partial charge < -0.3 is 14.4 Å². The van der Waals surface area contributed by atoms with Crippen LogP contribution in [-0.4, -0.2) is 82.3 Å². The molecular formula is C22H31N3O5S. The highest BCUT2D eigenvalue weighted by Crippen LogP contribution is 2.39. The Kier molecular flexibility index (Phi) is 7.79. The molecule has 1 amide bonds. The number of piperidine rings is 1. The zero-order valence-corrected chi connectivity index (χ0v) is 19.0. The fraction of sp³-hybridized carbons (Fsp3) is 0.636. The first-order valence-corrected chi connectivity index (χ1v) is 12.8. The third-order valence-corrected chi connectivity index (χ3v) is 7.17. The maximum Gasteiger partial charge on any atom is 0.409 e. The number of rotatable bonds is 9. The highest BCUT2D eigenvalue weighted by Gasteiger charge is 2.45. The summed E-state index contributed by atoms with van der Waals surface area (Å²) in [6.07, 6.45) is 3.32. The van der Waals surface area contributed by atoms with Crippen LogP contribution in [0.15, 0.2) is 24.3 Å². The second kappa shape index (κ2) is 10.3. The summed E-state index contributed by atoms with van der Waals surface area (Å²) in [6.45, 7) is 3.36. The number of sulfone groups is 1. The number of carbonyl (C=O) groups excluding carboxylic acids is 1. The van der Waals surface area contributed by atoms with Crippen LogP contribution in [0, 0.1) is 23.2 Å². The van der Waals surface area contributed by atoms with Gasteiger partial charge in [0.05, 0.1) is 24.0 Å². The third kappa shape index (κ3) is 6.58. The molecule has 1 saturated carbocycles. The van der Waals surface area contributed by atoms with Crippen molar-refractivity contribution in [3.63, 3.8) is 0 Å². The van der Waals surface area contributed by atoms with Crippen molar-refractivity contribution in [2.45, 2.75) is 25.3 Å². The van der Waals surface area contributed by atoms with E-state index in [4.69, 9.17) is 14.7 Å². The highest BCUT2D eigenvalue weighted by atomic mass is 32.2. The summed E-state index contributed by atoms with van der Waals surface area (Å²) in [4.78, 5) is 16.6. The molecule has 3 rings (SSSR count). The number of benzene rings is 1. The number of hydrogen-bond donors (Lipinski definition) is 0. The predicted molar refractivity (Wildman–Crippen MR) is 117 cm³/mol. The normalized spacial score (nSPS) is 23.2. The molecule has 2 aliphatic rings. The minimum Gasteiger partial charge on any atom is -0.492 e. The molecule has 2 atom stereocenters. The van der Waals surface area contributed by atoms with Crippen molar-refractivity contribution in [2.75, 3.05) is 51.9 Å². The zero-order chi connectivity index (χ0) is 22.4. The third-order valence-electron chi connectivity index (χ3n) is 6.14. The molecule has 2 unspecified atom stereocenters. The summed E-state index contributed by atoms with van der Waals surface area (Å²) in [5.74, 6) is 1.60. The lowest BCUT2D eigenvalue weighted by Crippen LogP contribution is -2.53. The van der Waals surface area contributed by atoms with Crippen molar-refractivity contribution in [3.05, 3.63) is 29.8 Å². The van der Waals surface area contributed by atoms with Gasteiger partial charge in [0.1, 0.15) is 22.2 Å². The van der Waals surface area contributed by atoms with Crippen LogP contribution in [0.1, 0.15) is 24.8 Å². The Hall–Kier alpha value is -2.31. The number of amides is 1. The summed E-state index contributed by atoms with van der Waals surface area (Å²) in [6, 6.07) is 9.38. The zero-order valence-electron chi connectivity index (χ0n) is 18.2. The maximum absolute atomic E-state index is 12.4. The Morgan fingerprint density at radius 3 is 2.42 bits per heavy atom. The van der Waals surface area contributed by atoms with Gasteiger partial charge in [-0.15, -0.1) is 0 Å². The number of likely N-dealkylation sites (tertiary alicyclic amines) is 1. The number of hydrogen-bond acceptors (Lipinski definition) is 7. The van der Waals surface area contributed by atoms with E-state index in [1.54, 1.807) is 24.1 Å². The van der Waals surface area contributed by atoms with E-state index in [9.17, 15) is 13.2 Å². The van der Waals surface area contributed by atoms with Crippen molar-refractivity contribution >= 4 is 15.9 Å². The number of nitriles is 1. The van der Waals surface area contributed by atoms with E-state index in [-0.39, 0.29) is 24.5 Å². The Morgan fingerprint density at radius 1 is 1.19 bits per heavy atom. The summed E-state index contributed by atoms with van der Waals surface area (Å²) >= 11 is 0. The van der Waals surface area contributed by atoms with Crippen LogP contribution in [0.4, 0.5) is 4.79 Å². The van der Waals surface area contributed by atoms with E-state index >= 15 is 0 Å². The first-order valence-electron chi connectivity index (χ1n) is 10.7. The fourth-order valence-electron chi connectivity index (χ4n) is 4.73. The Balaban J connectivity index is 1.42. The molecule has 2 bridgehead atoms. The molecule has 0 radical (unpaired) electrons. The molecule has 1 saturated heterocycles. The molecule has 0 N–H and O–H groups in total. The Bertz CT molecular complexity index is 883. The van der Waals surface area contributed by atoms with Gasteiger partial charge in [0.15, 0.2) is 0 Å². The average Bonchev–Trinajstić information content (AvgIpc) is 3.00. The molecule has 2 fully saturated rings. The van der Waals surface area contributed by atoms with E-state index < -0.39 is 9.84 Å². The van der Waals surface area contributed by atoms with E-state index in [2.05, 4.69) is 11.0 Å². The Morgan fingerprint density at radius 2 is 1.84 bits per heavy atom. The highest BCUT2D eigenvalue weighted by molar-refractivity contribution is 7.90. The van der Waals surface area contributed by atoms with E-state index in [0.717, 1.165) is 38.2 Å². The fourth-order valence-corrected chi connectivity index (χ4v) is 5.37. The monoisotopic (exact) mass is 449 g/mol. The van der Waals surface area contributed by atoms with Crippen LogP contribution in [0.25, 0.3) is 0 Å². The Labute approximate surface area is 184 Å². The van der Waals surface area contributed by atoms with Gasteiger partial charge in [-0.05, 0) is 55.4 Å².